The minimum absolute atomic E-state index is 0.0502. The van der Waals surface area contributed by atoms with Gasteiger partial charge >= 0.3 is 5.97 Å². The number of esters is 1. The van der Waals surface area contributed by atoms with Gasteiger partial charge in [-0.2, -0.15) is 9.61 Å². The van der Waals surface area contributed by atoms with Gasteiger partial charge in [0, 0.05) is 13.2 Å². The van der Waals surface area contributed by atoms with Crippen molar-refractivity contribution in [1.82, 2.24) is 14.6 Å². The molecule has 0 amide bonds. The molecule has 0 spiro atoms. The minimum atomic E-state index is -0.335. The molecule has 26 heavy (non-hydrogen) atoms. The number of ether oxygens (including phenoxy) is 2. The van der Waals surface area contributed by atoms with E-state index in [4.69, 9.17) is 9.47 Å². The number of benzene rings is 1. The lowest BCUT2D eigenvalue weighted by molar-refractivity contribution is -0.147. The summed E-state index contributed by atoms with van der Waals surface area (Å²) in [6, 6.07) is 10.8. The van der Waals surface area contributed by atoms with Crippen LogP contribution in [-0.4, -0.2) is 27.7 Å². The van der Waals surface area contributed by atoms with E-state index >= 15 is 0 Å². The molecule has 0 saturated heterocycles. The quantitative estimate of drug-likeness (QED) is 0.592. The van der Waals surface area contributed by atoms with Crippen molar-refractivity contribution in [1.29, 1.82) is 0 Å². The zero-order chi connectivity index (χ0) is 18.5. The van der Waals surface area contributed by atoms with Gasteiger partial charge in [-0.3, -0.25) is 9.59 Å². The molecule has 0 N–H and O–H groups in total. The number of rotatable bonds is 7. The van der Waals surface area contributed by atoms with Crippen molar-refractivity contribution in [2.24, 2.45) is 0 Å². The second-order valence-electron chi connectivity index (χ2n) is 5.69. The number of hydrogen-bond donors (Lipinski definition) is 0. The Morgan fingerprint density at radius 1 is 1.27 bits per heavy atom. The highest BCUT2D eigenvalue weighted by molar-refractivity contribution is 7.16. The van der Waals surface area contributed by atoms with E-state index < -0.39 is 0 Å². The predicted molar refractivity (Wildman–Crippen MR) is 97.1 cm³/mol. The fraction of sp³-hybridized carbons (Fsp3) is 0.333. The Bertz CT molecular complexity index is 952. The molecule has 1 atom stereocenters. The van der Waals surface area contributed by atoms with Crippen molar-refractivity contribution >= 4 is 22.3 Å². The van der Waals surface area contributed by atoms with Gasteiger partial charge in [-0.15, -0.1) is 0 Å². The molecule has 0 aliphatic rings. The Kier molecular flexibility index (Phi) is 5.75. The first kappa shape index (κ1) is 18.2. The summed E-state index contributed by atoms with van der Waals surface area (Å²) in [5.41, 5.74) is 1.00. The average molecular weight is 373 g/mol. The van der Waals surface area contributed by atoms with Crippen molar-refractivity contribution in [3.63, 3.8) is 0 Å². The highest BCUT2D eigenvalue weighted by Crippen LogP contribution is 2.21. The van der Waals surface area contributed by atoms with Crippen LogP contribution in [0.2, 0.25) is 0 Å². The largest absolute Gasteiger partial charge is 0.459 e. The topological polar surface area (TPSA) is 82.8 Å². The summed E-state index contributed by atoms with van der Waals surface area (Å²) >= 11 is 1.27. The standard InChI is InChI=1S/C18H19N3O4S/c1-3-14(12-7-5-4-6-8-12)17(23)25-10-13-9-16(22)21-18(19-13)26-15(20-21)11-24-2/h4-9,14H,3,10-11H2,1-2H3/t14-/m0/s1. The van der Waals surface area contributed by atoms with Gasteiger partial charge < -0.3 is 9.47 Å². The first-order valence-electron chi connectivity index (χ1n) is 8.21. The lowest BCUT2D eigenvalue weighted by Gasteiger charge is -2.14. The van der Waals surface area contributed by atoms with Crippen molar-refractivity contribution in [3.8, 4) is 0 Å². The van der Waals surface area contributed by atoms with E-state index in [-0.39, 0.29) is 24.1 Å². The number of carbonyl (C=O) groups is 1. The molecule has 0 unspecified atom stereocenters. The van der Waals surface area contributed by atoms with Crippen LogP contribution in [0.5, 0.6) is 0 Å². The summed E-state index contributed by atoms with van der Waals surface area (Å²) in [5, 5.41) is 4.80. The fourth-order valence-electron chi connectivity index (χ4n) is 2.62. The summed E-state index contributed by atoms with van der Waals surface area (Å²) in [5.74, 6) is -0.664. The molecule has 0 bridgehead atoms. The number of hydrogen-bond acceptors (Lipinski definition) is 7. The van der Waals surface area contributed by atoms with Gasteiger partial charge in [0.15, 0.2) is 0 Å². The smallest absolute Gasteiger partial charge is 0.313 e. The normalized spacial score (nSPS) is 12.2. The highest BCUT2D eigenvalue weighted by atomic mass is 32.1. The van der Waals surface area contributed by atoms with Crippen LogP contribution in [0.3, 0.4) is 0 Å². The van der Waals surface area contributed by atoms with Crippen molar-refractivity contribution in [2.45, 2.75) is 32.5 Å². The molecule has 3 rings (SSSR count). The Labute approximate surface area is 154 Å². The van der Waals surface area contributed by atoms with E-state index in [2.05, 4.69) is 10.1 Å². The summed E-state index contributed by atoms with van der Waals surface area (Å²) in [4.78, 5) is 29.4. The van der Waals surface area contributed by atoms with Crippen molar-refractivity contribution in [3.05, 3.63) is 63.0 Å². The van der Waals surface area contributed by atoms with Gasteiger partial charge in [0.25, 0.3) is 5.56 Å². The van der Waals surface area contributed by atoms with Gasteiger partial charge in [0.1, 0.15) is 11.6 Å². The van der Waals surface area contributed by atoms with Crippen molar-refractivity contribution in [2.75, 3.05) is 7.11 Å². The van der Waals surface area contributed by atoms with Gasteiger partial charge in [-0.1, -0.05) is 48.6 Å². The zero-order valence-corrected chi connectivity index (χ0v) is 15.4. The predicted octanol–water partition coefficient (Wildman–Crippen LogP) is 2.53. The minimum Gasteiger partial charge on any atom is -0.459 e. The molecule has 2 aromatic heterocycles. The van der Waals surface area contributed by atoms with Crippen LogP contribution in [0.15, 0.2) is 41.2 Å². The first-order chi connectivity index (χ1) is 12.6. The van der Waals surface area contributed by atoms with E-state index in [1.165, 1.54) is 21.9 Å². The van der Waals surface area contributed by atoms with Gasteiger partial charge in [-0.05, 0) is 12.0 Å². The number of aromatic nitrogens is 3. The Hall–Kier alpha value is -2.58. The van der Waals surface area contributed by atoms with E-state index in [9.17, 15) is 9.59 Å². The molecule has 0 fully saturated rings. The summed E-state index contributed by atoms with van der Waals surface area (Å²) < 4.78 is 11.7. The SMILES string of the molecule is CC[C@H](C(=O)OCc1cc(=O)n2nc(COC)sc2n1)c1ccccc1. The molecule has 1 aromatic carbocycles. The Balaban J connectivity index is 1.74. The second kappa shape index (κ2) is 8.20. The van der Waals surface area contributed by atoms with E-state index in [1.807, 2.05) is 37.3 Å². The lowest BCUT2D eigenvalue weighted by atomic mass is 9.97. The second-order valence-corrected chi connectivity index (χ2v) is 6.73. The molecule has 0 aliphatic carbocycles. The Morgan fingerprint density at radius 2 is 2.04 bits per heavy atom. The van der Waals surface area contributed by atoms with Crippen LogP contribution in [0.1, 0.15) is 35.5 Å². The molecule has 3 aromatic rings. The summed E-state index contributed by atoms with van der Waals surface area (Å²) in [6.45, 7) is 2.20. The molecular formula is C18H19N3O4S. The average Bonchev–Trinajstić information content (AvgIpc) is 3.05. The summed E-state index contributed by atoms with van der Waals surface area (Å²) in [7, 11) is 1.56. The van der Waals surface area contributed by atoms with Crippen LogP contribution in [0, 0.1) is 0 Å². The number of methoxy groups -OCH3 is 1. The molecular weight excluding hydrogens is 354 g/mol. The molecule has 0 saturated carbocycles. The molecule has 8 heteroatoms. The molecule has 7 nitrogen and oxygen atoms in total. The van der Waals surface area contributed by atoms with Crippen LogP contribution in [0.4, 0.5) is 0 Å². The van der Waals surface area contributed by atoms with E-state index in [1.54, 1.807) is 7.11 Å². The van der Waals surface area contributed by atoms with Crippen LogP contribution in [0.25, 0.3) is 4.96 Å². The highest BCUT2D eigenvalue weighted by Gasteiger charge is 2.20. The van der Waals surface area contributed by atoms with E-state index in [0.29, 0.717) is 28.7 Å². The number of carbonyl (C=O) groups excluding carboxylic acids is 1. The van der Waals surface area contributed by atoms with Crippen LogP contribution in [-0.2, 0) is 27.5 Å². The molecule has 2 heterocycles. The maximum atomic E-state index is 12.4. The van der Waals surface area contributed by atoms with Crippen LogP contribution >= 0.6 is 11.3 Å². The maximum absolute atomic E-state index is 12.4. The number of fused-ring (bicyclic) bond motifs is 1. The molecule has 136 valence electrons. The Morgan fingerprint density at radius 3 is 2.73 bits per heavy atom. The van der Waals surface area contributed by atoms with Crippen LogP contribution < -0.4 is 5.56 Å². The van der Waals surface area contributed by atoms with Gasteiger partial charge in [0.2, 0.25) is 4.96 Å². The monoisotopic (exact) mass is 373 g/mol. The first-order valence-corrected chi connectivity index (χ1v) is 9.03. The maximum Gasteiger partial charge on any atom is 0.313 e. The van der Waals surface area contributed by atoms with Gasteiger partial charge in [0.05, 0.1) is 18.2 Å². The molecule has 0 radical (unpaired) electrons. The van der Waals surface area contributed by atoms with Gasteiger partial charge in [-0.25, -0.2) is 4.98 Å². The third-order valence-corrected chi connectivity index (χ3v) is 4.75. The summed E-state index contributed by atoms with van der Waals surface area (Å²) in [6.07, 6.45) is 0.632. The zero-order valence-electron chi connectivity index (χ0n) is 14.5. The third-order valence-electron chi connectivity index (χ3n) is 3.86. The number of nitrogens with zero attached hydrogens (tertiary/aromatic N) is 3. The fourth-order valence-corrected chi connectivity index (χ4v) is 3.51. The lowest BCUT2D eigenvalue weighted by Crippen LogP contribution is -2.19. The molecule has 0 aliphatic heterocycles. The van der Waals surface area contributed by atoms with E-state index in [0.717, 1.165) is 5.56 Å². The third kappa shape index (κ3) is 3.97. The van der Waals surface area contributed by atoms with Crippen molar-refractivity contribution < 1.29 is 14.3 Å².